The van der Waals surface area contributed by atoms with E-state index in [0.29, 0.717) is 5.92 Å². The zero-order valence-corrected chi connectivity index (χ0v) is 19.3. The van der Waals surface area contributed by atoms with Gasteiger partial charge in [0.25, 0.3) is 0 Å². The number of methoxy groups -OCH3 is 1. The maximum atomic E-state index is 6.11. The lowest BCUT2D eigenvalue weighted by molar-refractivity contribution is -0.0835. The summed E-state index contributed by atoms with van der Waals surface area (Å²) < 4.78 is 11.4. The van der Waals surface area contributed by atoms with Gasteiger partial charge in [-0.05, 0) is 50.0 Å². The van der Waals surface area contributed by atoms with E-state index in [1.54, 1.807) is 7.11 Å². The Morgan fingerprint density at radius 1 is 1.24 bits per heavy atom. The summed E-state index contributed by atoms with van der Waals surface area (Å²) in [6.07, 6.45) is 2.60. The highest BCUT2D eigenvalue weighted by Gasteiger charge is 2.35. The zero-order chi connectivity index (χ0) is 21.4. The summed E-state index contributed by atoms with van der Waals surface area (Å²) in [6.45, 7) is 9.30. The average Bonchev–Trinajstić information content (AvgIpc) is 2.70. The summed E-state index contributed by atoms with van der Waals surface area (Å²) >= 11 is 0. The van der Waals surface area contributed by atoms with E-state index < -0.39 is 0 Å². The third-order valence-corrected chi connectivity index (χ3v) is 5.64. The molecular formula is C23H40N4O2. The number of aliphatic imine (C=N–C) groups is 1. The summed E-state index contributed by atoms with van der Waals surface area (Å²) in [6, 6.07) is 8.49. The second kappa shape index (κ2) is 10.8. The molecule has 6 nitrogen and oxygen atoms in total. The molecule has 1 fully saturated rings. The van der Waals surface area contributed by atoms with Crippen LogP contribution in [0.2, 0.25) is 0 Å². The largest absolute Gasteiger partial charge is 0.497 e. The van der Waals surface area contributed by atoms with Crippen molar-refractivity contribution in [2.75, 3.05) is 47.9 Å². The fourth-order valence-corrected chi connectivity index (χ4v) is 4.08. The molecule has 0 spiro atoms. The lowest BCUT2D eigenvalue weighted by Crippen LogP contribution is -2.48. The fourth-order valence-electron chi connectivity index (χ4n) is 4.08. The van der Waals surface area contributed by atoms with Crippen LogP contribution in [0.25, 0.3) is 0 Å². The SMILES string of the molecule is CN=C(NCC1CCCOC1C(C)(C)C)NCC(c1ccc(OC)cc1)N(C)C. The first-order chi connectivity index (χ1) is 13.8. The molecule has 1 aromatic carbocycles. The standard InChI is InChI=1S/C23H40N4O2/c1-23(2,3)21-18(9-8-14-29-21)15-25-22(24-4)26-16-20(27(5)6)17-10-12-19(28-7)13-11-17/h10-13,18,20-21H,8-9,14-16H2,1-7H3,(H2,24,25,26). The Hall–Kier alpha value is -1.79. The van der Waals surface area contributed by atoms with Crippen LogP contribution in [-0.2, 0) is 4.74 Å². The quantitative estimate of drug-likeness (QED) is 0.539. The van der Waals surface area contributed by atoms with E-state index in [1.807, 2.05) is 19.2 Å². The predicted octanol–water partition coefficient (Wildman–Crippen LogP) is 3.30. The van der Waals surface area contributed by atoms with E-state index in [1.165, 1.54) is 12.0 Å². The number of nitrogens with one attached hydrogen (secondary N) is 2. The lowest BCUT2D eigenvalue weighted by Gasteiger charge is -2.40. The molecule has 0 amide bonds. The van der Waals surface area contributed by atoms with E-state index in [9.17, 15) is 0 Å². The van der Waals surface area contributed by atoms with Crippen molar-refractivity contribution in [2.24, 2.45) is 16.3 Å². The average molecular weight is 405 g/mol. The first kappa shape index (κ1) is 23.5. The van der Waals surface area contributed by atoms with Crippen LogP contribution in [0.1, 0.15) is 45.2 Å². The number of hydrogen-bond acceptors (Lipinski definition) is 4. The summed E-state index contributed by atoms with van der Waals surface area (Å²) in [4.78, 5) is 6.64. The minimum absolute atomic E-state index is 0.147. The highest BCUT2D eigenvalue weighted by atomic mass is 16.5. The molecule has 0 bridgehead atoms. The molecule has 164 valence electrons. The van der Waals surface area contributed by atoms with Gasteiger partial charge in [-0.25, -0.2) is 0 Å². The van der Waals surface area contributed by atoms with Crippen LogP contribution in [0, 0.1) is 11.3 Å². The minimum atomic E-state index is 0.147. The first-order valence-corrected chi connectivity index (χ1v) is 10.6. The smallest absolute Gasteiger partial charge is 0.191 e. The maximum absolute atomic E-state index is 6.11. The van der Waals surface area contributed by atoms with Crippen molar-refractivity contribution in [3.63, 3.8) is 0 Å². The van der Waals surface area contributed by atoms with Crippen LogP contribution in [0.15, 0.2) is 29.3 Å². The van der Waals surface area contributed by atoms with Crippen LogP contribution in [0.5, 0.6) is 5.75 Å². The van der Waals surface area contributed by atoms with Crippen molar-refractivity contribution in [3.05, 3.63) is 29.8 Å². The Balaban J connectivity index is 1.94. The minimum Gasteiger partial charge on any atom is -0.497 e. The van der Waals surface area contributed by atoms with Gasteiger partial charge in [-0.3, -0.25) is 4.99 Å². The molecule has 0 aliphatic carbocycles. The van der Waals surface area contributed by atoms with E-state index in [2.05, 4.69) is 67.5 Å². The van der Waals surface area contributed by atoms with Gasteiger partial charge in [0.15, 0.2) is 5.96 Å². The number of benzene rings is 1. The highest BCUT2D eigenvalue weighted by Crippen LogP contribution is 2.33. The van der Waals surface area contributed by atoms with Crippen LogP contribution in [-0.4, -0.2) is 64.9 Å². The molecule has 6 heteroatoms. The van der Waals surface area contributed by atoms with Gasteiger partial charge >= 0.3 is 0 Å². The zero-order valence-electron chi connectivity index (χ0n) is 19.3. The van der Waals surface area contributed by atoms with Gasteiger partial charge in [0.05, 0.1) is 19.3 Å². The maximum Gasteiger partial charge on any atom is 0.191 e. The molecule has 1 aromatic rings. The summed E-state index contributed by atoms with van der Waals surface area (Å²) in [5, 5.41) is 7.02. The molecule has 3 atom stereocenters. The number of rotatable bonds is 7. The monoisotopic (exact) mass is 404 g/mol. The molecule has 2 N–H and O–H groups in total. The van der Waals surface area contributed by atoms with Crippen LogP contribution >= 0.6 is 0 Å². The lowest BCUT2D eigenvalue weighted by atomic mass is 9.78. The molecule has 0 saturated carbocycles. The van der Waals surface area contributed by atoms with E-state index in [4.69, 9.17) is 9.47 Å². The third-order valence-electron chi connectivity index (χ3n) is 5.64. The summed E-state index contributed by atoms with van der Waals surface area (Å²) in [5.74, 6) is 2.21. The normalized spacial score (nSPS) is 21.7. The van der Waals surface area contributed by atoms with Gasteiger partial charge < -0.3 is 25.0 Å². The van der Waals surface area contributed by atoms with Gasteiger partial charge in [0.1, 0.15) is 5.75 Å². The second-order valence-corrected chi connectivity index (χ2v) is 9.15. The van der Waals surface area contributed by atoms with Crippen molar-refractivity contribution in [1.82, 2.24) is 15.5 Å². The Labute approximate surface area is 177 Å². The number of guanidine groups is 1. The molecule has 0 radical (unpaired) electrons. The number of likely N-dealkylation sites (N-methyl/N-ethyl adjacent to an activating group) is 1. The molecule has 1 aliphatic rings. The van der Waals surface area contributed by atoms with Crippen molar-refractivity contribution in [3.8, 4) is 5.75 Å². The van der Waals surface area contributed by atoms with Gasteiger partial charge in [0.2, 0.25) is 0 Å². The summed E-state index contributed by atoms with van der Waals surface area (Å²) in [7, 11) is 7.71. The number of hydrogen-bond donors (Lipinski definition) is 2. The van der Waals surface area contributed by atoms with E-state index in [0.717, 1.165) is 37.8 Å². The third kappa shape index (κ3) is 6.89. The predicted molar refractivity (Wildman–Crippen MR) is 121 cm³/mol. The molecule has 1 heterocycles. The van der Waals surface area contributed by atoms with Gasteiger partial charge in [0, 0.05) is 32.7 Å². The molecule has 2 rings (SSSR count). The Kier molecular flexibility index (Phi) is 8.78. The Morgan fingerprint density at radius 3 is 2.48 bits per heavy atom. The number of nitrogens with zero attached hydrogens (tertiary/aromatic N) is 2. The van der Waals surface area contributed by atoms with Crippen LogP contribution < -0.4 is 15.4 Å². The molecule has 1 saturated heterocycles. The molecular weight excluding hydrogens is 364 g/mol. The molecule has 0 aromatic heterocycles. The van der Waals surface area contributed by atoms with Gasteiger partial charge in [-0.15, -0.1) is 0 Å². The van der Waals surface area contributed by atoms with Crippen molar-refractivity contribution in [1.29, 1.82) is 0 Å². The van der Waals surface area contributed by atoms with Crippen molar-refractivity contribution < 1.29 is 9.47 Å². The van der Waals surface area contributed by atoms with Crippen LogP contribution in [0.4, 0.5) is 0 Å². The Bertz CT molecular complexity index is 637. The van der Waals surface area contributed by atoms with Crippen molar-refractivity contribution >= 4 is 5.96 Å². The van der Waals surface area contributed by atoms with E-state index in [-0.39, 0.29) is 17.6 Å². The van der Waals surface area contributed by atoms with Crippen molar-refractivity contribution in [2.45, 2.75) is 45.8 Å². The molecule has 29 heavy (non-hydrogen) atoms. The topological polar surface area (TPSA) is 58.1 Å². The highest BCUT2D eigenvalue weighted by molar-refractivity contribution is 5.79. The Morgan fingerprint density at radius 2 is 1.93 bits per heavy atom. The van der Waals surface area contributed by atoms with Gasteiger partial charge in [-0.2, -0.15) is 0 Å². The van der Waals surface area contributed by atoms with E-state index >= 15 is 0 Å². The second-order valence-electron chi connectivity index (χ2n) is 9.15. The molecule has 3 unspecified atom stereocenters. The van der Waals surface area contributed by atoms with Crippen LogP contribution in [0.3, 0.4) is 0 Å². The number of ether oxygens (including phenoxy) is 2. The summed E-state index contributed by atoms with van der Waals surface area (Å²) in [5.41, 5.74) is 1.39. The van der Waals surface area contributed by atoms with Gasteiger partial charge in [-0.1, -0.05) is 32.9 Å². The fraction of sp³-hybridized carbons (Fsp3) is 0.696. The molecule has 1 aliphatic heterocycles. The first-order valence-electron chi connectivity index (χ1n) is 10.6.